The minimum atomic E-state index is -0.399. The zero-order valence-electron chi connectivity index (χ0n) is 12.9. The zero-order valence-corrected chi connectivity index (χ0v) is 13.7. The number of aryl methyl sites for hydroxylation is 2. The van der Waals surface area contributed by atoms with E-state index in [9.17, 15) is 9.59 Å². The molecule has 0 unspecified atom stereocenters. The second kappa shape index (κ2) is 6.16. The highest BCUT2D eigenvalue weighted by Crippen LogP contribution is 2.31. The molecule has 2 heterocycles. The fourth-order valence-corrected chi connectivity index (χ4v) is 4.02. The molecule has 1 aromatic carbocycles. The maximum absolute atomic E-state index is 12.2. The van der Waals surface area contributed by atoms with Gasteiger partial charge in [-0.1, -0.05) is 0 Å². The molecule has 7 heteroatoms. The molecule has 2 aliphatic rings. The third-order valence-corrected chi connectivity index (χ3v) is 5.30. The number of nitrogens with one attached hydrogen (secondary N) is 2. The van der Waals surface area contributed by atoms with Crippen molar-refractivity contribution in [1.29, 1.82) is 0 Å². The first-order chi connectivity index (χ1) is 11.7. The molecule has 0 atom stereocenters. The van der Waals surface area contributed by atoms with Gasteiger partial charge in [0, 0.05) is 10.4 Å². The highest BCUT2D eigenvalue weighted by molar-refractivity contribution is 7.14. The number of carbonyl (C=O) groups is 2. The highest BCUT2D eigenvalue weighted by atomic mass is 32.1. The number of rotatable bonds is 2. The zero-order chi connectivity index (χ0) is 16.5. The molecule has 2 aromatic rings. The van der Waals surface area contributed by atoms with E-state index in [1.807, 2.05) is 6.07 Å². The molecule has 0 saturated carbocycles. The Kier molecular flexibility index (Phi) is 3.86. The van der Waals surface area contributed by atoms with Crippen molar-refractivity contribution < 1.29 is 19.1 Å². The Bertz CT molecular complexity index is 793. The lowest BCUT2D eigenvalue weighted by Gasteiger charge is -2.18. The van der Waals surface area contributed by atoms with Crippen molar-refractivity contribution in [1.82, 2.24) is 10.9 Å². The van der Waals surface area contributed by atoms with Gasteiger partial charge in [0.15, 0.2) is 11.5 Å². The molecule has 2 N–H and O–H groups in total. The number of hydrazine groups is 1. The van der Waals surface area contributed by atoms with E-state index in [1.165, 1.54) is 21.8 Å². The van der Waals surface area contributed by atoms with Crippen LogP contribution < -0.4 is 20.3 Å². The van der Waals surface area contributed by atoms with Crippen LogP contribution in [-0.4, -0.2) is 25.0 Å². The monoisotopic (exact) mass is 344 g/mol. The van der Waals surface area contributed by atoms with E-state index in [4.69, 9.17) is 9.47 Å². The van der Waals surface area contributed by atoms with Crippen molar-refractivity contribution in [2.75, 3.05) is 13.2 Å². The van der Waals surface area contributed by atoms with E-state index in [0.717, 1.165) is 19.3 Å². The minimum Gasteiger partial charge on any atom is -0.486 e. The molecule has 0 bridgehead atoms. The van der Waals surface area contributed by atoms with Crippen LogP contribution in [0.15, 0.2) is 24.3 Å². The molecule has 24 heavy (non-hydrogen) atoms. The van der Waals surface area contributed by atoms with Crippen LogP contribution in [0.25, 0.3) is 0 Å². The van der Waals surface area contributed by atoms with Gasteiger partial charge in [-0.3, -0.25) is 20.4 Å². The number of ether oxygens (including phenoxy) is 2. The first-order valence-corrected chi connectivity index (χ1v) is 8.64. The Balaban J connectivity index is 1.40. The Morgan fingerprint density at radius 1 is 0.958 bits per heavy atom. The van der Waals surface area contributed by atoms with Crippen molar-refractivity contribution in [3.05, 3.63) is 45.1 Å². The van der Waals surface area contributed by atoms with Crippen molar-refractivity contribution in [2.24, 2.45) is 0 Å². The summed E-state index contributed by atoms with van der Waals surface area (Å²) in [6.07, 6.45) is 3.23. The van der Waals surface area contributed by atoms with E-state index < -0.39 is 5.91 Å². The highest BCUT2D eigenvalue weighted by Gasteiger charge is 2.19. The summed E-state index contributed by atoms with van der Waals surface area (Å²) in [6, 6.07) is 6.85. The smallest absolute Gasteiger partial charge is 0.279 e. The number of carbonyl (C=O) groups excluding carboxylic acids is 2. The SMILES string of the molecule is O=C(NNC(=O)c1cc2c(s1)CCC2)c1ccc2c(c1)OCCO2. The summed E-state index contributed by atoms with van der Waals surface area (Å²) in [5.41, 5.74) is 6.56. The normalized spacial score (nSPS) is 14.8. The quantitative estimate of drug-likeness (QED) is 0.818. The standard InChI is InChI=1S/C17H16N2O4S/c20-16(11-4-5-12-13(8-11)23-7-6-22-12)18-19-17(21)15-9-10-2-1-3-14(10)24-15/h4-5,8-9H,1-3,6-7H2,(H,18,20)(H,19,21). The number of benzene rings is 1. The van der Waals surface area contributed by atoms with Gasteiger partial charge in [-0.2, -0.15) is 0 Å². The van der Waals surface area contributed by atoms with Crippen molar-refractivity contribution in [3.8, 4) is 11.5 Å². The number of fused-ring (bicyclic) bond motifs is 2. The summed E-state index contributed by atoms with van der Waals surface area (Å²) in [7, 11) is 0. The predicted molar refractivity (Wildman–Crippen MR) is 88.7 cm³/mol. The van der Waals surface area contributed by atoms with E-state index in [0.29, 0.717) is 35.2 Å². The first kappa shape index (κ1) is 15.0. The van der Waals surface area contributed by atoms with Crippen molar-refractivity contribution >= 4 is 23.2 Å². The van der Waals surface area contributed by atoms with Gasteiger partial charge < -0.3 is 9.47 Å². The van der Waals surface area contributed by atoms with Gasteiger partial charge in [0.2, 0.25) is 0 Å². The molecule has 6 nitrogen and oxygen atoms in total. The predicted octanol–water partition coefficient (Wildman–Crippen LogP) is 2.08. The molecule has 2 amide bonds. The maximum Gasteiger partial charge on any atom is 0.279 e. The van der Waals surface area contributed by atoms with Gasteiger partial charge in [0.05, 0.1) is 4.88 Å². The number of hydrogen-bond donors (Lipinski definition) is 2. The van der Waals surface area contributed by atoms with Gasteiger partial charge >= 0.3 is 0 Å². The Morgan fingerprint density at radius 3 is 2.58 bits per heavy atom. The maximum atomic E-state index is 12.2. The second-order valence-electron chi connectivity index (χ2n) is 5.68. The molecule has 0 spiro atoms. The second-order valence-corrected chi connectivity index (χ2v) is 6.82. The Morgan fingerprint density at radius 2 is 1.75 bits per heavy atom. The Hall–Kier alpha value is -2.54. The van der Waals surface area contributed by atoms with Crippen LogP contribution in [0.1, 0.15) is 36.9 Å². The summed E-state index contributed by atoms with van der Waals surface area (Å²) < 4.78 is 10.9. The molecule has 124 valence electrons. The summed E-state index contributed by atoms with van der Waals surface area (Å²) in [5, 5.41) is 0. The van der Waals surface area contributed by atoms with Crippen LogP contribution in [0.4, 0.5) is 0 Å². The van der Waals surface area contributed by atoms with Gasteiger partial charge in [0.25, 0.3) is 11.8 Å². The molecule has 1 aliphatic carbocycles. The van der Waals surface area contributed by atoms with Crippen LogP contribution >= 0.6 is 11.3 Å². The minimum absolute atomic E-state index is 0.291. The van der Waals surface area contributed by atoms with Gasteiger partial charge in [0.1, 0.15) is 13.2 Å². The van der Waals surface area contributed by atoms with E-state index >= 15 is 0 Å². The first-order valence-electron chi connectivity index (χ1n) is 7.82. The number of hydrogen-bond acceptors (Lipinski definition) is 5. The van der Waals surface area contributed by atoms with Crippen LogP contribution in [0, 0.1) is 0 Å². The summed E-state index contributed by atoms with van der Waals surface area (Å²) in [6.45, 7) is 0.956. The van der Waals surface area contributed by atoms with Gasteiger partial charge in [-0.15, -0.1) is 11.3 Å². The van der Waals surface area contributed by atoms with E-state index in [1.54, 1.807) is 18.2 Å². The third-order valence-electron chi connectivity index (χ3n) is 4.06. The summed E-state index contributed by atoms with van der Waals surface area (Å²) >= 11 is 1.50. The molecule has 1 aliphatic heterocycles. The summed E-state index contributed by atoms with van der Waals surface area (Å²) in [4.78, 5) is 26.2. The fourth-order valence-electron chi connectivity index (χ4n) is 2.87. The molecule has 1 aromatic heterocycles. The average Bonchev–Trinajstić information content (AvgIpc) is 3.21. The lowest BCUT2D eigenvalue weighted by Crippen LogP contribution is -2.41. The van der Waals surface area contributed by atoms with E-state index in [2.05, 4.69) is 10.9 Å². The largest absolute Gasteiger partial charge is 0.486 e. The number of thiophene rings is 1. The van der Waals surface area contributed by atoms with Crippen LogP contribution in [0.2, 0.25) is 0 Å². The van der Waals surface area contributed by atoms with Crippen LogP contribution in [0.5, 0.6) is 11.5 Å². The average molecular weight is 344 g/mol. The fraction of sp³-hybridized carbons (Fsp3) is 0.294. The lowest BCUT2D eigenvalue weighted by molar-refractivity contribution is 0.0848. The third kappa shape index (κ3) is 2.82. The molecule has 0 fully saturated rings. The number of amides is 2. The van der Waals surface area contributed by atoms with Gasteiger partial charge in [-0.05, 0) is 49.1 Å². The van der Waals surface area contributed by atoms with Crippen LogP contribution in [0.3, 0.4) is 0 Å². The molecule has 4 rings (SSSR count). The lowest BCUT2D eigenvalue weighted by atomic mass is 10.2. The summed E-state index contributed by atoms with van der Waals surface area (Å²) in [5.74, 6) is 0.467. The topological polar surface area (TPSA) is 76.7 Å². The molecular formula is C17H16N2O4S. The molecule has 0 radical (unpaired) electrons. The molecule has 0 saturated heterocycles. The van der Waals surface area contributed by atoms with Crippen molar-refractivity contribution in [2.45, 2.75) is 19.3 Å². The Labute approximate surface area is 142 Å². The van der Waals surface area contributed by atoms with Crippen LogP contribution in [-0.2, 0) is 12.8 Å². The van der Waals surface area contributed by atoms with Gasteiger partial charge in [-0.25, -0.2) is 0 Å². The molecular weight excluding hydrogens is 328 g/mol. The van der Waals surface area contributed by atoms with E-state index in [-0.39, 0.29) is 5.91 Å². The van der Waals surface area contributed by atoms with Crippen molar-refractivity contribution in [3.63, 3.8) is 0 Å².